The Labute approximate surface area is 155 Å². The summed E-state index contributed by atoms with van der Waals surface area (Å²) in [5, 5.41) is 23.7. The Morgan fingerprint density at radius 2 is 1.92 bits per heavy atom. The monoisotopic (exact) mass is 371 g/mol. The van der Waals surface area contributed by atoms with Crippen LogP contribution in [-0.4, -0.2) is 49.7 Å². The van der Waals surface area contributed by atoms with E-state index in [-0.39, 0.29) is 12.5 Å². The highest BCUT2D eigenvalue weighted by Crippen LogP contribution is 2.22. The minimum atomic E-state index is -0.159. The van der Waals surface area contributed by atoms with Gasteiger partial charge in [0.15, 0.2) is 0 Å². The zero-order valence-electron chi connectivity index (χ0n) is 14.0. The van der Waals surface area contributed by atoms with Crippen molar-refractivity contribution in [1.29, 1.82) is 0 Å². The lowest BCUT2D eigenvalue weighted by Gasteiger charge is -2.23. The number of nitrogens with one attached hydrogen (secondary N) is 1. The highest BCUT2D eigenvalue weighted by molar-refractivity contribution is 6.30. The van der Waals surface area contributed by atoms with Crippen molar-refractivity contribution >= 4 is 17.5 Å². The number of amides is 1. The number of rotatable bonds is 7. The molecule has 26 heavy (non-hydrogen) atoms. The fourth-order valence-corrected chi connectivity index (χ4v) is 2.76. The molecule has 3 aromatic rings. The van der Waals surface area contributed by atoms with Gasteiger partial charge in [-0.25, -0.2) is 0 Å². The van der Waals surface area contributed by atoms with Gasteiger partial charge < -0.3 is 10.0 Å². The summed E-state index contributed by atoms with van der Waals surface area (Å²) in [6.45, 7) is 0.853. The molecule has 8 heteroatoms. The third-order valence-electron chi connectivity index (χ3n) is 3.90. The molecule has 0 radical (unpaired) electrons. The van der Waals surface area contributed by atoms with E-state index in [0.717, 1.165) is 5.56 Å². The maximum atomic E-state index is 13.2. The molecule has 0 spiro atoms. The summed E-state index contributed by atoms with van der Waals surface area (Å²) in [6, 6.07) is 14.5. The maximum absolute atomic E-state index is 13.2. The summed E-state index contributed by atoms with van der Waals surface area (Å²) < 4.78 is 0. The molecule has 1 heterocycles. The Hall–Kier alpha value is -2.77. The van der Waals surface area contributed by atoms with Gasteiger partial charge in [-0.1, -0.05) is 41.9 Å². The summed E-state index contributed by atoms with van der Waals surface area (Å²) in [4.78, 5) is 14.9. The van der Waals surface area contributed by atoms with Crippen LogP contribution in [0.2, 0.25) is 5.02 Å². The Kier molecular flexibility index (Phi) is 5.93. The molecule has 134 valence electrons. The van der Waals surface area contributed by atoms with Crippen LogP contribution in [0.1, 0.15) is 22.3 Å². The predicted octanol–water partition coefficient (Wildman–Crippen LogP) is 2.54. The molecule has 0 unspecified atom stereocenters. The van der Waals surface area contributed by atoms with Crippen LogP contribution in [0.3, 0.4) is 0 Å². The third-order valence-corrected chi connectivity index (χ3v) is 4.16. The SMILES string of the molecule is O=C(c1ccccc1-c1nn[nH]n1)N(CCCO)Cc1ccc(Cl)cc1. The van der Waals surface area contributed by atoms with Crippen molar-refractivity contribution in [2.24, 2.45) is 0 Å². The molecule has 0 atom stereocenters. The second-order valence-corrected chi connectivity index (χ2v) is 6.15. The first-order valence-corrected chi connectivity index (χ1v) is 8.54. The number of carbonyl (C=O) groups is 1. The lowest BCUT2D eigenvalue weighted by Crippen LogP contribution is -2.32. The van der Waals surface area contributed by atoms with Gasteiger partial charge in [0.05, 0.1) is 5.56 Å². The number of aromatic nitrogens is 4. The van der Waals surface area contributed by atoms with Gasteiger partial charge >= 0.3 is 0 Å². The number of hydrogen-bond donors (Lipinski definition) is 2. The van der Waals surface area contributed by atoms with Crippen molar-refractivity contribution in [3.05, 3.63) is 64.7 Å². The van der Waals surface area contributed by atoms with Crippen LogP contribution in [0, 0.1) is 0 Å². The predicted molar refractivity (Wildman–Crippen MR) is 97.5 cm³/mol. The van der Waals surface area contributed by atoms with E-state index in [4.69, 9.17) is 11.6 Å². The van der Waals surface area contributed by atoms with E-state index in [9.17, 15) is 9.90 Å². The molecule has 2 aromatic carbocycles. The number of aliphatic hydroxyl groups is 1. The van der Waals surface area contributed by atoms with Gasteiger partial charge in [-0.3, -0.25) is 4.79 Å². The zero-order chi connectivity index (χ0) is 18.4. The largest absolute Gasteiger partial charge is 0.396 e. The van der Waals surface area contributed by atoms with Crippen LogP contribution in [0.25, 0.3) is 11.4 Å². The van der Waals surface area contributed by atoms with E-state index in [1.54, 1.807) is 35.2 Å². The second kappa shape index (κ2) is 8.55. The van der Waals surface area contributed by atoms with Crippen molar-refractivity contribution in [1.82, 2.24) is 25.5 Å². The normalized spacial score (nSPS) is 10.7. The topological polar surface area (TPSA) is 95.0 Å². The minimum Gasteiger partial charge on any atom is -0.396 e. The summed E-state index contributed by atoms with van der Waals surface area (Å²) in [5.74, 6) is 0.205. The number of hydrogen-bond acceptors (Lipinski definition) is 5. The number of tetrazole rings is 1. The van der Waals surface area contributed by atoms with E-state index in [1.807, 2.05) is 18.2 Å². The fourth-order valence-electron chi connectivity index (χ4n) is 2.64. The Morgan fingerprint density at radius 1 is 1.15 bits per heavy atom. The van der Waals surface area contributed by atoms with E-state index < -0.39 is 0 Å². The maximum Gasteiger partial charge on any atom is 0.254 e. The van der Waals surface area contributed by atoms with Crippen LogP contribution < -0.4 is 0 Å². The number of carbonyl (C=O) groups excluding carboxylic acids is 1. The molecule has 0 fully saturated rings. The van der Waals surface area contributed by atoms with E-state index in [2.05, 4.69) is 20.6 Å². The summed E-state index contributed by atoms with van der Waals surface area (Å²) in [6.07, 6.45) is 0.490. The number of H-pyrrole nitrogens is 1. The molecule has 3 rings (SSSR count). The van der Waals surface area contributed by atoms with Gasteiger partial charge in [0.2, 0.25) is 5.82 Å². The zero-order valence-corrected chi connectivity index (χ0v) is 14.7. The molecule has 0 bridgehead atoms. The first kappa shape index (κ1) is 18.0. The Balaban J connectivity index is 1.89. The number of halogens is 1. The summed E-state index contributed by atoms with van der Waals surface area (Å²) in [5.41, 5.74) is 2.05. The molecule has 2 N–H and O–H groups in total. The van der Waals surface area contributed by atoms with Gasteiger partial charge in [-0.15, -0.1) is 10.2 Å². The van der Waals surface area contributed by atoms with Gasteiger partial charge in [-0.05, 0) is 35.4 Å². The average molecular weight is 372 g/mol. The summed E-state index contributed by atoms with van der Waals surface area (Å²) in [7, 11) is 0. The van der Waals surface area contributed by atoms with Crippen LogP contribution in [0.15, 0.2) is 48.5 Å². The standard InChI is InChI=1S/C18H18ClN5O2/c19-14-8-6-13(7-9-14)12-24(10-3-11-25)18(26)16-5-2-1-4-15(16)17-20-22-23-21-17/h1-2,4-9,25H,3,10-12H2,(H,20,21,22,23). The first-order chi connectivity index (χ1) is 12.7. The van der Waals surface area contributed by atoms with Crippen LogP contribution in [0.4, 0.5) is 0 Å². The molecular weight excluding hydrogens is 354 g/mol. The van der Waals surface area contributed by atoms with Crippen molar-refractivity contribution in [3.8, 4) is 11.4 Å². The molecule has 0 aliphatic carbocycles. The number of benzene rings is 2. The highest BCUT2D eigenvalue weighted by Gasteiger charge is 2.21. The average Bonchev–Trinajstić information content (AvgIpc) is 3.21. The molecule has 0 aliphatic heterocycles. The second-order valence-electron chi connectivity index (χ2n) is 5.71. The third kappa shape index (κ3) is 4.25. The highest BCUT2D eigenvalue weighted by atomic mass is 35.5. The van der Waals surface area contributed by atoms with E-state index in [0.29, 0.717) is 41.5 Å². The van der Waals surface area contributed by atoms with Crippen molar-refractivity contribution in [3.63, 3.8) is 0 Å². The number of aromatic amines is 1. The molecule has 1 amide bonds. The minimum absolute atomic E-state index is 0.0108. The Bertz CT molecular complexity index is 852. The van der Waals surface area contributed by atoms with Crippen molar-refractivity contribution < 1.29 is 9.90 Å². The molecule has 0 saturated carbocycles. The number of aliphatic hydroxyl groups excluding tert-OH is 1. The quantitative estimate of drug-likeness (QED) is 0.665. The molecule has 1 aromatic heterocycles. The first-order valence-electron chi connectivity index (χ1n) is 8.16. The van der Waals surface area contributed by atoms with Crippen LogP contribution >= 0.6 is 11.6 Å². The van der Waals surface area contributed by atoms with Crippen molar-refractivity contribution in [2.45, 2.75) is 13.0 Å². The van der Waals surface area contributed by atoms with Gasteiger partial charge in [0.25, 0.3) is 5.91 Å². The molecular formula is C18H18ClN5O2. The van der Waals surface area contributed by atoms with Crippen LogP contribution in [-0.2, 0) is 6.54 Å². The van der Waals surface area contributed by atoms with Gasteiger partial charge in [0, 0.05) is 30.3 Å². The smallest absolute Gasteiger partial charge is 0.254 e. The van der Waals surface area contributed by atoms with Gasteiger partial charge in [-0.2, -0.15) is 5.21 Å². The van der Waals surface area contributed by atoms with E-state index >= 15 is 0 Å². The number of nitrogens with zero attached hydrogens (tertiary/aromatic N) is 4. The van der Waals surface area contributed by atoms with Crippen molar-refractivity contribution in [2.75, 3.05) is 13.2 Å². The molecule has 0 saturated heterocycles. The van der Waals surface area contributed by atoms with Crippen LogP contribution in [0.5, 0.6) is 0 Å². The molecule has 0 aliphatic rings. The molecule has 7 nitrogen and oxygen atoms in total. The summed E-state index contributed by atoms with van der Waals surface area (Å²) >= 11 is 5.93. The van der Waals surface area contributed by atoms with E-state index in [1.165, 1.54) is 0 Å². The van der Waals surface area contributed by atoms with Gasteiger partial charge in [0.1, 0.15) is 0 Å². The fraction of sp³-hybridized carbons (Fsp3) is 0.222. The Morgan fingerprint density at radius 3 is 2.62 bits per heavy atom. The lowest BCUT2D eigenvalue weighted by atomic mass is 10.0. The lowest BCUT2D eigenvalue weighted by molar-refractivity contribution is 0.0732.